The molecule has 0 aliphatic carbocycles. The number of anilines is 1. The summed E-state index contributed by atoms with van der Waals surface area (Å²) in [5.74, 6) is -0.382. The van der Waals surface area contributed by atoms with E-state index in [1.165, 1.54) is 12.1 Å². The van der Waals surface area contributed by atoms with E-state index in [1.807, 2.05) is 0 Å². The zero-order chi connectivity index (χ0) is 19.6. The average molecular weight is 422 g/mol. The third kappa shape index (κ3) is 4.63. The molecule has 0 bridgehead atoms. The minimum Gasteiger partial charge on any atom is -0.322 e. The number of hydrogen-bond donors (Lipinski definition) is 1. The number of sulfone groups is 1. The molecule has 9 heteroatoms. The molecule has 0 unspecified atom stereocenters. The van der Waals surface area contributed by atoms with Crippen molar-refractivity contribution in [3.63, 3.8) is 0 Å². The van der Waals surface area contributed by atoms with Gasteiger partial charge < -0.3 is 5.32 Å². The molecule has 3 aromatic rings. The number of benzene rings is 2. The molecule has 1 N–H and O–H groups in total. The third-order valence-electron chi connectivity index (χ3n) is 3.63. The van der Waals surface area contributed by atoms with Crippen LogP contribution in [0.5, 0.6) is 0 Å². The molecule has 1 aromatic heterocycles. The van der Waals surface area contributed by atoms with Crippen LogP contribution in [0.3, 0.4) is 0 Å². The number of amides is 1. The van der Waals surface area contributed by atoms with Crippen LogP contribution in [0.1, 0.15) is 10.4 Å². The van der Waals surface area contributed by atoms with Crippen LogP contribution in [0.4, 0.5) is 5.69 Å². The molecule has 1 heterocycles. The molecular weight excluding hydrogens is 409 g/mol. The number of aromatic nitrogens is 2. The molecule has 2 aromatic carbocycles. The van der Waals surface area contributed by atoms with Gasteiger partial charge in [0.05, 0.1) is 16.3 Å². The summed E-state index contributed by atoms with van der Waals surface area (Å²) < 4.78 is 22.9. The monoisotopic (exact) mass is 421 g/mol. The molecule has 0 spiro atoms. The Labute approximate surface area is 166 Å². The Kier molecular flexibility index (Phi) is 5.46. The van der Waals surface area contributed by atoms with Crippen molar-refractivity contribution < 1.29 is 13.2 Å². The van der Waals surface area contributed by atoms with Crippen LogP contribution in [0.25, 0.3) is 11.3 Å². The van der Waals surface area contributed by atoms with Crippen LogP contribution in [0, 0.1) is 0 Å². The standard InChI is InChI=1S/C18H13Cl2N3O3S/c1-27(25,26)17-9-8-16(22-23-17)11-2-5-13(6-3-11)21-18(24)14-10-12(19)4-7-15(14)20/h2-10H,1H3,(H,21,24). The largest absolute Gasteiger partial charge is 0.322 e. The van der Waals surface area contributed by atoms with Gasteiger partial charge in [0.15, 0.2) is 14.9 Å². The minimum atomic E-state index is -3.40. The summed E-state index contributed by atoms with van der Waals surface area (Å²) in [6.07, 6.45) is 1.07. The predicted molar refractivity (Wildman–Crippen MR) is 105 cm³/mol. The van der Waals surface area contributed by atoms with Gasteiger partial charge in [-0.05, 0) is 42.5 Å². The Morgan fingerprint density at radius 2 is 1.67 bits per heavy atom. The molecule has 0 aliphatic heterocycles. The highest BCUT2D eigenvalue weighted by molar-refractivity contribution is 7.90. The molecule has 0 fully saturated rings. The normalized spacial score (nSPS) is 11.2. The highest BCUT2D eigenvalue weighted by Crippen LogP contribution is 2.23. The summed E-state index contributed by atoms with van der Waals surface area (Å²) in [7, 11) is -3.40. The van der Waals surface area contributed by atoms with Crippen molar-refractivity contribution in [3.05, 3.63) is 70.2 Å². The Hall–Kier alpha value is -2.48. The van der Waals surface area contributed by atoms with Gasteiger partial charge in [-0.25, -0.2) is 8.42 Å². The van der Waals surface area contributed by atoms with Crippen molar-refractivity contribution in [3.8, 4) is 11.3 Å². The summed E-state index contributed by atoms with van der Waals surface area (Å²) in [6.45, 7) is 0. The zero-order valence-electron chi connectivity index (χ0n) is 14.0. The fourth-order valence-electron chi connectivity index (χ4n) is 2.27. The second-order valence-electron chi connectivity index (χ2n) is 5.68. The van der Waals surface area contributed by atoms with Crippen LogP contribution in [-0.4, -0.2) is 30.8 Å². The lowest BCUT2D eigenvalue weighted by Gasteiger charge is -2.08. The van der Waals surface area contributed by atoms with Crippen molar-refractivity contribution in [1.82, 2.24) is 10.2 Å². The van der Waals surface area contributed by atoms with Crippen LogP contribution in [-0.2, 0) is 9.84 Å². The number of carbonyl (C=O) groups excluding carboxylic acids is 1. The lowest BCUT2D eigenvalue weighted by molar-refractivity contribution is 0.102. The number of nitrogens with zero attached hydrogens (tertiary/aromatic N) is 2. The van der Waals surface area contributed by atoms with Crippen molar-refractivity contribution in [2.75, 3.05) is 11.6 Å². The molecule has 3 rings (SSSR count). The van der Waals surface area contributed by atoms with E-state index >= 15 is 0 Å². The second kappa shape index (κ2) is 7.64. The van der Waals surface area contributed by atoms with Gasteiger partial charge in [0.2, 0.25) is 0 Å². The van der Waals surface area contributed by atoms with E-state index in [-0.39, 0.29) is 16.5 Å². The first kappa shape index (κ1) is 19.3. The Bertz CT molecular complexity index is 1100. The summed E-state index contributed by atoms with van der Waals surface area (Å²) in [5.41, 5.74) is 2.07. The first-order valence-corrected chi connectivity index (χ1v) is 10.3. The highest BCUT2D eigenvalue weighted by atomic mass is 35.5. The van der Waals surface area contributed by atoms with Crippen LogP contribution in [0.15, 0.2) is 59.6 Å². The molecule has 0 atom stereocenters. The quantitative estimate of drug-likeness (QED) is 0.684. The highest BCUT2D eigenvalue weighted by Gasteiger charge is 2.12. The third-order valence-corrected chi connectivity index (χ3v) is 5.17. The van der Waals surface area contributed by atoms with Gasteiger partial charge in [-0.15, -0.1) is 10.2 Å². The van der Waals surface area contributed by atoms with E-state index < -0.39 is 9.84 Å². The predicted octanol–water partition coefficient (Wildman–Crippen LogP) is 4.11. The lowest BCUT2D eigenvalue weighted by Crippen LogP contribution is -2.12. The van der Waals surface area contributed by atoms with E-state index in [2.05, 4.69) is 15.5 Å². The number of halogens is 2. The van der Waals surface area contributed by atoms with Crippen molar-refractivity contribution in [1.29, 1.82) is 0 Å². The Morgan fingerprint density at radius 3 is 2.26 bits per heavy atom. The zero-order valence-corrected chi connectivity index (χ0v) is 16.3. The molecule has 0 saturated heterocycles. The molecule has 27 heavy (non-hydrogen) atoms. The lowest BCUT2D eigenvalue weighted by atomic mass is 10.1. The van der Waals surface area contributed by atoms with Gasteiger partial charge >= 0.3 is 0 Å². The molecule has 0 radical (unpaired) electrons. The van der Waals surface area contributed by atoms with E-state index in [0.717, 1.165) is 11.8 Å². The van der Waals surface area contributed by atoms with Crippen LogP contribution < -0.4 is 5.32 Å². The van der Waals surface area contributed by atoms with E-state index in [0.29, 0.717) is 21.4 Å². The van der Waals surface area contributed by atoms with Crippen molar-refractivity contribution >= 4 is 44.6 Å². The average Bonchev–Trinajstić information content (AvgIpc) is 2.63. The Morgan fingerprint density at radius 1 is 0.963 bits per heavy atom. The number of hydrogen-bond acceptors (Lipinski definition) is 5. The molecule has 6 nitrogen and oxygen atoms in total. The maximum atomic E-state index is 12.3. The second-order valence-corrected chi connectivity index (χ2v) is 8.49. The minimum absolute atomic E-state index is 0.0893. The van der Waals surface area contributed by atoms with E-state index in [9.17, 15) is 13.2 Å². The summed E-state index contributed by atoms with van der Waals surface area (Å²) in [4.78, 5) is 12.3. The van der Waals surface area contributed by atoms with E-state index in [4.69, 9.17) is 23.2 Å². The first-order chi connectivity index (χ1) is 12.7. The van der Waals surface area contributed by atoms with Gasteiger partial charge in [-0.2, -0.15) is 0 Å². The van der Waals surface area contributed by atoms with E-state index in [1.54, 1.807) is 42.5 Å². The number of rotatable bonds is 4. The van der Waals surface area contributed by atoms with Crippen molar-refractivity contribution in [2.45, 2.75) is 5.03 Å². The SMILES string of the molecule is CS(=O)(=O)c1ccc(-c2ccc(NC(=O)c3cc(Cl)ccc3Cl)cc2)nn1. The first-order valence-electron chi connectivity index (χ1n) is 7.65. The van der Waals surface area contributed by atoms with Gasteiger partial charge in [0, 0.05) is 22.5 Å². The topological polar surface area (TPSA) is 89.0 Å². The molecule has 138 valence electrons. The smallest absolute Gasteiger partial charge is 0.257 e. The van der Waals surface area contributed by atoms with Gasteiger partial charge in [0.25, 0.3) is 5.91 Å². The Balaban J connectivity index is 1.77. The summed E-state index contributed by atoms with van der Waals surface area (Å²) in [5, 5.41) is 11.0. The summed E-state index contributed by atoms with van der Waals surface area (Å²) in [6, 6.07) is 14.5. The molecule has 1 amide bonds. The number of nitrogens with one attached hydrogen (secondary N) is 1. The van der Waals surface area contributed by atoms with Crippen LogP contribution in [0.2, 0.25) is 10.0 Å². The number of carbonyl (C=O) groups is 1. The maximum absolute atomic E-state index is 12.3. The van der Waals surface area contributed by atoms with Crippen molar-refractivity contribution in [2.24, 2.45) is 0 Å². The van der Waals surface area contributed by atoms with Gasteiger partial charge in [-0.1, -0.05) is 35.3 Å². The van der Waals surface area contributed by atoms with Gasteiger partial charge in [-0.3, -0.25) is 4.79 Å². The maximum Gasteiger partial charge on any atom is 0.257 e. The van der Waals surface area contributed by atoms with Crippen LogP contribution >= 0.6 is 23.2 Å². The molecule has 0 aliphatic rings. The molecule has 0 saturated carbocycles. The fraction of sp³-hybridized carbons (Fsp3) is 0.0556. The fourth-order valence-corrected chi connectivity index (χ4v) is 3.15. The molecular formula is C18H13Cl2N3O3S. The summed E-state index contributed by atoms with van der Waals surface area (Å²) >= 11 is 11.9. The van der Waals surface area contributed by atoms with Gasteiger partial charge in [0.1, 0.15) is 0 Å².